The molecule has 13 N–H and O–H groups in total. The Morgan fingerprint density at radius 1 is 0.286 bits per heavy atom. The topological polar surface area (TPSA) is 396 Å². The molecule has 0 heterocycles. The molecule has 0 spiro atoms. The predicted octanol–water partition coefficient (Wildman–Crippen LogP) is 13.7. The largest absolute Gasteiger partial charge is 0.465 e. The summed E-state index contributed by atoms with van der Waals surface area (Å²) in [4.78, 5) is 157. The second-order valence-electron chi connectivity index (χ2n) is 29.8. The summed E-state index contributed by atoms with van der Waals surface area (Å²) in [5, 5.41) is 44.5. The molecule has 0 fully saturated rings. The van der Waals surface area contributed by atoms with Gasteiger partial charge in [-0.2, -0.15) is 0 Å². The molecule has 0 unspecified atom stereocenters. The first-order valence-electron chi connectivity index (χ1n) is 42.1. The Morgan fingerprint density at radius 3 is 0.697 bits per heavy atom. The SMILES string of the molecule is C=C1c2cc(NC(=O)CCCC(=O)NCCC)ccc2-c2ccc(NC(=O)CCCC(=O)NCCC)cc21.CCCNC(=O)CCCC(=O)Nc1ccc2c(c1)C(CO)c1cc(NC(=O)CCCC(=O)NCCC)ccc1-2.CCCNC(=O)CCCC(=O)Nc1ccc2c(c1)C(COC(C)=O)c1cc(NC(=O)CCCC(=O)NCCC)ccc1-2. The minimum absolute atomic E-state index is 0.0309. The number of benzene rings is 6. The van der Waals surface area contributed by atoms with Gasteiger partial charge in [-0.3, -0.25) is 62.3 Å². The highest BCUT2D eigenvalue weighted by Gasteiger charge is 2.33. The number of carbonyl (C=O) groups excluding carboxylic acids is 13. The van der Waals surface area contributed by atoms with Crippen LogP contribution in [-0.2, 0) is 67.1 Å². The van der Waals surface area contributed by atoms with Crippen molar-refractivity contribution in [3.05, 3.63) is 149 Å². The number of aliphatic hydroxyl groups is 1. The summed E-state index contributed by atoms with van der Waals surface area (Å²) in [6.45, 7) is 21.4. The Bertz CT molecular complexity index is 4300. The van der Waals surface area contributed by atoms with Crippen molar-refractivity contribution in [2.24, 2.45) is 0 Å². The number of aliphatic hydroxyl groups excluding tert-OH is 1. The van der Waals surface area contributed by atoms with Gasteiger partial charge in [0.1, 0.15) is 6.61 Å². The van der Waals surface area contributed by atoms with E-state index in [0.29, 0.717) is 150 Å². The second kappa shape index (κ2) is 50.0. The Kier molecular flexibility index (Phi) is 39.6. The van der Waals surface area contributed by atoms with E-state index in [1.807, 2.05) is 151 Å². The Morgan fingerprint density at radius 2 is 0.487 bits per heavy atom. The van der Waals surface area contributed by atoms with Crippen LogP contribution in [0, 0.1) is 0 Å². The van der Waals surface area contributed by atoms with E-state index in [9.17, 15) is 67.4 Å². The summed E-state index contributed by atoms with van der Waals surface area (Å²) in [5.41, 5.74) is 16.1. The van der Waals surface area contributed by atoms with Gasteiger partial charge < -0.3 is 73.6 Å². The smallest absolute Gasteiger partial charge is 0.302 e. The molecule has 0 radical (unpaired) electrons. The lowest BCUT2D eigenvalue weighted by Gasteiger charge is -2.15. The molecular formula is C92H120N12O15. The minimum Gasteiger partial charge on any atom is -0.465 e. The number of anilines is 6. The summed E-state index contributed by atoms with van der Waals surface area (Å²) in [7, 11) is 0. The van der Waals surface area contributed by atoms with Crippen molar-refractivity contribution in [3.8, 4) is 33.4 Å². The van der Waals surface area contributed by atoms with Crippen molar-refractivity contribution in [1.82, 2.24) is 31.9 Å². The Labute approximate surface area is 698 Å². The van der Waals surface area contributed by atoms with E-state index in [4.69, 9.17) is 4.74 Å². The van der Waals surface area contributed by atoms with Crippen molar-refractivity contribution < 1.29 is 72.2 Å². The van der Waals surface area contributed by atoms with Crippen LogP contribution < -0.4 is 63.8 Å². The molecule has 0 aliphatic heterocycles. The first kappa shape index (κ1) is 94.3. The van der Waals surface area contributed by atoms with Crippen molar-refractivity contribution in [2.45, 2.75) is 214 Å². The zero-order valence-corrected chi connectivity index (χ0v) is 70.0. The van der Waals surface area contributed by atoms with Crippen molar-refractivity contribution in [1.29, 1.82) is 0 Å². The molecule has 3 aliphatic rings. The normalized spacial score (nSPS) is 11.6. The number of hydrogen-bond acceptors (Lipinski definition) is 15. The molecule has 27 nitrogen and oxygen atoms in total. The summed E-state index contributed by atoms with van der Waals surface area (Å²) >= 11 is 0. The van der Waals surface area contributed by atoms with Crippen LogP contribution in [0.5, 0.6) is 0 Å². The summed E-state index contributed by atoms with van der Waals surface area (Å²) in [6, 6.07) is 34.0. The van der Waals surface area contributed by atoms with E-state index in [1.165, 1.54) is 6.92 Å². The van der Waals surface area contributed by atoms with Gasteiger partial charge in [-0.25, -0.2) is 0 Å². The van der Waals surface area contributed by atoms with Crippen LogP contribution in [0.2, 0.25) is 0 Å². The summed E-state index contributed by atoms with van der Waals surface area (Å²) in [5.74, 6) is -2.20. The molecule has 0 saturated carbocycles. The first-order valence-corrected chi connectivity index (χ1v) is 42.1. The van der Waals surface area contributed by atoms with Gasteiger partial charge in [0.2, 0.25) is 70.9 Å². The van der Waals surface area contributed by atoms with Crippen LogP contribution in [-0.4, -0.2) is 134 Å². The fourth-order valence-corrected chi connectivity index (χ4v) is 13.9. The van der Waals surface area contributed by atoms with Crippen LogP contribution in [0.3, 0.4) is 0 Å². The molecule has 3 aliphatic carbocycles. The number of nitrogens with one attached hydrogen (secondary N) is 12. The van der Waals surface area contributed by atoms with Crippen LogP contribution >= 0.6 is 0 Å². The highest BCUT2D eigenvalue weighted by Crippen LogP contribution is 2.49. The average molecular weight is 1630 g/mol. The van der Waals surface area contributed by atoms with E-state index in [0.717, 1.165) is 111 Å². The van der Waals surface area contributed by atoms with E-state index in [2.05, 4.69) is 70.4 Å². The number of hydrogen-bond donors (Lipinski definition) is 13. The van der Waals surface area contributed by atoms with Crippen LogP contribution in [0.1, 0.15) is 248 Å². The van der Waals surface area contributed by atoms with E-state index >= 15 is 0 Å². The van der Waals surface area contributed by atoms with Crippen LogP contribution in [0.25, 0.3) is 39.0 Å². The van der Waals surface area contributed by atoms with Crippen molar-refractivity contribution in [2.75, 3.05) is 84.4 Å². The Balaban J connectivity index is 0.000000247. The molecule has 119 heavy (non-hydrogen) atoms. The van der Waals surface area contributed by atoms with E-state index < -0.39 is 5.97 Å². The average Bonchev–Trinajstić information content (AvgIpc) is 1.62. The van der Waals surface area contributed by atoms with Crippen molar-refractivity contribution in [3.63, 3.8) is 0 Å². The summed E-state index contributed by atoms with van der Waals surface area (Å²) in [6.07, 6.45) is 11.4. The number of carbonyl (C=O) groups is 13. The second-order valence-corrected chi connectivity index (χ2v) is 29.8. The zero-order valence-electron chi connectivity index (χ0n) is 70.0. The maximum absolute atomic E-state index is 12.6. The highest BCUT2D eigenvalue weighted by molar-refractivity contribution is 6.04. The maximum Gasteiger partial charge on any atom is 0.302 e. The molecular weight excluding hydrogens is 1510 g/mol. The van der Waals surface area contributed by atoms with Gasteiger partial charge >= 0.3 is 5.97 Å². The molecule has 6 aromatic carbocycles. The lowest BCUT2D eigenvalue weighted by Crippen LogP contribution is -2.24. The molecule has 9 rings (SSSR count). The zero-order chi connectivity index (χ0) is 86.2. The summed E-state index contributed by atoms with van der Waals surface area (Å²) < 4.78 is 5.40. The van der Waals surface area contributed by atoms with Gasteiger partial charge in [-0.1, -0.05) is 84.5 Å². The lowest BCUT2D eigenvalue weighted by molar-refractivity contribution is -0.141. The predicted molar refractivity (Wildman–Crippen MR) is 466 cm³/mol. The number of amides is 12. The third-order valence-corrected chi connectivity index (χ3v) is 19.9. The first-order chi connectivity index (χ1) is 57.4. The van der Waals surface area contributed by atoms with Crippen molar-refractivity contribution >= 4 is 117 Å². The van der Waals surface area contributed by atoms with Gasteiger partial charge in [0.25, 0.3) is 0 Å². The third kappa shape index (κ3) is 30.9. The van der Waals surface area contributed by atoms with Gasteiger partial charge in [-0.05, 0) is 222 Å². The quantitative estimate of drug-likeness (QED) is 0.0158. The van der Waals surface area contributed by atoms with E-state index in [1.54, 1.807) is 0 Å². The van der Waals surface area contributed by atoms with Gasteiger partial charge in [-0.15, -0.1) is 0 Å². The third-order valence-electron chi connectivity index (χ3n) is 19.9. The standard InChI is InChI=1S/C32H42N4O6.C30H40N4O5.C30H38N4O4/c1-4-16-33-29(38)8-6-10-31(40)35-22-12-14-24-25-15-13-23(36-32(41)11-7-9-30(39)34-17-5-2)19-27(25)28(26(24)18-22)20-42-21(3)37;1-3-15-31-27(36)7-5-9-29(38)33-20-11-13-22-23-14-12-21(18-25(23)26(19-35)24(22)17-20)34-30(39)10-6-8-28(37)32-16-4-2;1-4-16-31-27(35)8-6-10-29(37)33-21-12-14-23-24-15-13-22(19-26(24)20(3)25(23)18-21)34-30(38)11-7-9-28(36)32-17-5-2/h12-15,18-19,28H,4-11,16-17,20H2,1-3H3,(H,33,38)(H,34,39)(H,35,40)(H,36,41);11-14,17-18,26,35H,3-10,15-16,19H2,1-2H3,(H,31,36)(H,32,37)(H,33,38)(H,34,39);12-15,18-19H,3-11,16-17H2,1-2H3,(H,31,35)(H,32,36)(H,33,37)(H,34,38). The maximum atomic E-state index is 12.6. The number of esters is 1. The van der Waals surface area contributed by atoms with Gasteiger partial charge in [0.05, 0.1) is 6.61 Å². The molecule has 0 atom stereocenters. The number of fused-ring (bicyclic) bond motifs is 9. The molecule has 0 saturated heterocycles. The van der Waals surface area contributed by atoms with E-state index in [-0.39, 0.29) is 134 Å². The highest BCUT2D eigenvalue weighted by atomic mass is 16.5. The lowest BCUT2D eigenvalue weighted by atomic mass is 9.97. The molecule has 0 aromatic heterocycles. The fraction of sp³-hybridized carbons (Fsp3) is 0.446. The molecule has 12 amide bonds. The molecule has 27 heteroatoms. The minimum atomic E-state index is -0.398. The van der Waals surface area contributed by atoms with Crippen LogP contribution in [0.4, 0.5) is 34.1 Å². The molecule has 6 aromatic rings. The molecule has 0 bridgehead atoms. The number of rotatable bonds is 45. The molecule has 638 valence electrons. The number of ether oxygens (including phenoxy) is 1. The van der Waals surface area contributed by atoms with Gasteiger partial charge in [0, 0.05) is 169 Å². The van der Waals surface area contributed by atoms with Gasteiger partial charge in [0.15, 0.2) is 0 Å². The fourth-order valence-electron chi connectivity index (χ4n) is 13.9. The Hall–Kier alpha value is -11.9. The van der Waals surface area contributed by atoms with Crippen LogP contribution in [0.15, 0.2) is 116 Å². The monoisotopic (exact) mass is 1630 g/mol.